The molecule has 1 atom stereocenters. The van der Waals surface area contributed by atoms with Crippen LogP contribution in [-0.4, -0.2) is 33.6 Å². The van der Waals surface area contributed by atoms with Gasteiger partial charge in [0.1, 0.15) is 5.76 Å². The Labute approximate surface area is 161 Å². The van der Waals surface area contributed by atoms with Crippen molar-refractivity contribution in [1.82, 2.24) is 9.97 Å². The number of carbonyl (C=O) groups excluding carboxylic acids is 2. The molecule has 0 bridgehead atoms. The van der Waals surface area contributed by atoms with Crippen LogP contribution in [0.5, 0.6) is 0 Å². The number of rotatable bonds is 6. The van der Waals surface area contributed by atoms with E-state index in [-0.39, 0.29) is 23.8 Å². The van der Waals surface area contributed by atoms with Crippen LogP contribution in [0.4, 0.5) is 0 Å². The first-order valence-electron chi connectivity index (χ1n) is 8.70. The molecular weight excluding hydrogens is 358 g/mol. The van der Waals surface area contributed by atoms with Crippen molar-refractivity contribution in [2.75, 3.05) is 6.61 Å². The van der Waals surface area contributed by atoms with Crippen LogP contribution in [0.1, 0.15) is 29.8 Å². The average molecular weight is 377 g/mol. The number of amides is 1. The first-order valence-corrected chi connectivity index (χ1v) is 8.70. The van der Waals surface area contributed by atoms with E-state index >= 15 is 0 Å². The first kappa shape index (κ1) is 19.0. The highest BCUT2D eigenvalue weighted by Crippen LogP contribution is 2.25. The van der Waals surface area contributed by atoms with Crippen molar-refractivity contribution < 1.29 is 19.4 Å². The van der Waals surface area contributed by atoms with Gasteiger partial charge in [-0.3, -0.25) is 9.59 Å². The van der Waals surface area contributed by atoms with Crippen molar-refractivity contribution >= 4 is 34.7 Å². The summed E-state index contributed by atoms with van der Waals surface area (Å²) in [6.07, 6.45) is 1.36. The number of aliphatic hydroxyl groups excluding tert-OH is 1. The van der Waals surface area contributed by atoms with Gasteiger partial charge in [-0.2, -0.15) is 0 Å². The van der Waals surface area contributed by atoms with Gasteiger partial charge in [0.05, 0.1) is 29.0 Å². The molecule has 0 fully saturated rings. The highest BCUT2D eigenvalue weighted by molar-refractivity contribution is 6.03. The lowest BCUT2D eigenvalue weighted by Crippen LogP contribution is -2.31. The van der Waals surface area contributed by atoms with Gasteiger partial charge in [-0.1, -0.05) is 42.5 Å². The molecule has 1 heterocycles. The number of hydrogen-bond donors (Lipinski definition) is 2. The lowest BCUT2D eigenvalue weighted by molar-refractivity contribution is -0.147. The van der Waals surface area contributed by atoms with Crippen LogP contribution in [0.3, 0.4) is 0 Å². The molecule has 3 aromatic rings. The van der Waals surface area contributed by atoms with Crippen LogP contribution in [0.2, 0.25) is 0 Å². The Kier molecular flexibility index (Phi) is 5.64. The number of nitrogens with zero attached hydrogens (tertiary/aromatic N) is 2. The summed E-state index contributed by atoms with van der Waals surface area (Å²) in [5.74, 6) is -3.24. The maximum Gasteiger partial charge on any atom is 0.324 e. The van der Waals surface area contributed by atoms with Crippen molar-refractivity contribution in [1.29, 1.82) is 0 Å². The number of aromatic nitrogens is 2. The second-order valence-electron chi connectivity index (χ2n) is 5.97. The van der Waals surface area contributed by atoms with Crippen molar-refractivity contribution in [2.45, 2.75) is 12.8 Å². The van der Waals surface area contributed by atoms with E-state index in [4.69, 9.17) is 10.5 Å². The van der Waals surface area contributed by atoms with E-state index in [2.05, 4.69) is 9.97 Å². The molecule has 7 heteroatoms. The van der Waals surface area contributed by atoms with Gasteiger partial charge in [-0.15, -0.1) is 0 Å². The third-order valence-corrected chi connectivity index (χ3v) is 4.05. The first-order chi connectivity index (χ1) is 13.5. The summed E-state index contributed by atoms with van der Waals surface area (Å²) in [6.45, 7) is 1.72. The number of primary amides is 1. The summed E-state index contributed by atoms with van der Waals surface area (Å²) in [7, 11) is 0. The van der Waals surface area contributed by atoms with E-state index in [1.165, 1.54) is 6.08 Å². The lowest BCUT2D eigenvalue weighted by atomic mass is 10.0. The van der Waals surface area contributed by atoms with Gasteiger partial charge in [-0.05, 0) is 19.1 Å². The summed E-state index contributed by atoms with van der Waals surface area (Å²) < 4.78 is 4.99. The molecule has 0 radical (unpaired) electrons. The normalized spacial score (nSPS) is 12.5. The van der Waals surface area contributed by atoms with Crippen molar-refractivity contribution in [2.24, 2.45) is 5.73 Å². The quantitative estimate of drug-likeness (QED) is 0.388. The van der Waals surface area contributed by atoms with E-state index in [0.29, 0.717) is 16.6 Å². The largest absolute Gasteiger partial charge is 0.507 e. The van der Waals surface area contributed by atoms with Gasteiger partial charge in [0.15, 0.2) is 5.92 Å². The zero-order valence-electron chi connectivity index (χ0n) is 15.2. The molecule has 0 aliphatic carbocycles. The minimum atomic E-state index is -1.44. The van der Waals surface area contributed by atoms with E-state index in [0.717, 1.165) is 0 Å². The number of esters is 1. The Bertz CT molecular complexity index is 1050. The zero-order valence-corrected chi connectivity index (χ0v) is 15.2. The van der Waals surface area contributed by atoms with E-state index in [1.54, 1.807) is 55.5 Å². The van der Waals surface area contributed by atoms with Crippen LogP contribution < -0.4 is 5.73 Å². The predicted molar refractivity (Wildman–Crippen MR) is 105 cm³/mol. The molecule has 0 spiro atoms. The molecular formula is C21H19N3O4. The Morgan fingerprint density at radius 2 is 1.68 bits per heavy atom. The predicted octanol–water partition coefficient (Wildman–Crippen LogP) is 2.82. The number of para-hydroxylation sites is 2. The third-order valence-electron chi connectivity index (χ3n) is 4.05. The highest BCUT2D eigenvalue weighted by atomic mass is 16.5. The van der Waals surface area contributed by atoms with Gasteiger partial charge in [-0.25, -0.2) is 9.97 Å². The summed E-state index contributed by atoms with van der Waals surface area (Å²) in [4.78, 5) is 33.3. The molecule has 3 rings (SSSR count). The number of aliphatic hydroxyl groups is 1. The number of carbonyl (C=O) groups is 2. The molecule has 1 amide bonds. The van der Waals surface area contributed by atoms with Crippen molar-refractivity contribution in [3.8, 4) is 0 Å². The fourth-order valence-corrected chi connectivity index (χ4v) is 2.76. The number of fused-ring (bicyclic) bond motifs is 1. The average Bonchev–Trinajstić information content (AvgIpc) is 2.69. The van der Waals surface area contributed by atoms with E-state index < -0.39 is 17.8 Å². The molecule has 0 saturated heterocycles. The van der Waals surface area contributed by atoms with E-state index in [1.807, 2.05) is 6.07 Å². The Balaban J connectivity index is 2.21. The third kappa shape index (κ3) is 3.98. The van der Waals surface area contributed by atoms with Gasteiger partial charge >= 0.3 is 5.97 Å². The van der Waals surface area contributed by atoms with Crippen LogP contribution in [0.15, 0.2) is 54.6 Å². The smallest absolute Gasteiger partial charge is 0.324 e. The molecule has 28 heavy (non-hydrogen) atoms. The fraction of sp³-hybridized carbons (Fsp3) is 0.143. The minimum absolute atomic E-state index is 0.0344. The molecule has 0 aliphatic heterocycles. The van der Waals surface area contributed by atoms with Crippen molar-refractivity contribution in [3.63, 3.8) is 0 Å². The van der Waals surface area contributed by atoms with Crippen LogP contribution in [0.25, 0.3) is 22.9 Å². The Hall–Kier alpha value is -3.74. The monoisotopic (exact) mass is 377 g/mol. The zero-order chi connectivity index (χ0) is 20.1. The lowest BCUT2D eigenvalue weighted by Gasteiger charge is -2.15. The molecule has 0 saturated carbocycles. The number of hydrogen-bond acceptors (Lipinski definition) is 6. The number of nitrogens with two attached hydrogens (primary N) is 1. The molecule has 1 aromatic heterocycles. The van der Waals surface area contributed by atoms with Crippen LogP contribution in [0, 0.1) is 0 Å². The second-order valence-corrected chi connectivity index (χ2v) is 5.97. The number of ether oxygens (including phenoxy) is 1. The molecule has 142 valence electrons. The molecule has 7 nitrogen and oxygen atoms in total. The SMILES string of the molecule is CCOC(=O)C(C(N)=O)c1nc2ccccc2nc1C=C(O)c1ccccc1. The standard InChI is InChI=1S/C21H19N3O4/c1-2-28-21(27)18(20(22)26)19-16(12-17(25)13-8-4-3-5-9-13)23-14-10-6-7-11-15(14)24-19/h3-12,18,25H,2H2,1H3,(H2,22,26). The highest BCUT2D eigenvalue weighted by Gasteiger charge is 2.32. The maximum absolute atomic E-state index is 12.4. The molecule has 1 unspecified atom stereocenters. The van der Waals surface area contributed by atoms with Gasteiger partial charge in [0.2, 0.25) is 5.91 Å². The van der Waals surface area contributed by atoms with Crippen LogP contribution >= 0.6 is 0 Å². The van der Waals surface area contributed by atoms with E-state index in [9.17, 15) is 14.7 Å². The second kappa shape index (κ2) is 8.30. The minimum Gasteiger partial charge on any atom is -0.507 e. The van der Waals surface area contributed by atoms with Gasteiger partial charge in [0, 0.05) is 11.6 Å². The molecule has 2 aromatic carbocycles. The maximum atomic E-state index is 12.4. The number of benzene rings is 2. The molecule has 3 N–H and O–H groups in total. The summed E-state index contributed by atoms with van der Waals surface area (Å²) in [5, 5.41) is 10.5. The van der Waals surface area contributed by atoms with Crippen LogP contribution in [-0.2, 0) is 14.3 Å². The summed E-state index contributed by atoms with van der Waals surface area (Å²) >= 11 is 0. The topological polar surface area (TPSA) is 115 Å². The fourth-order valence-electron chi connectivity index (χ4n) is 2.76. The Morgan fingerprint density at radius 3 is 2.29 bits per heavy atom. The Morgan fingerprint density at radius 1 is 1.07 bits per heavy atom. The van der Waals surface area contributed by atoms with Crippen molar-refractivity contribution in [3.05, 3.63) is 71.5 Å². The van der Waals surface area contributed by atoms with Gasteiger partial charge < -0.3 is 15.6 Å². The summed E-state index contributed by atoms with van der Waals surface area (Å²) in [6, 6.07) is 15.8. The molecule has 0 aliphatic rings. The summed E-state index contributed by atoms with van der Waals surface area (Å²) in [5.41, 5.74) is 7.25. The van der Waals surface area contributed by atoms with Gasteiger partial charge in [0.25, 0.3) is 0 Å².